The number of amides is 2. The molecule has 1 aromatic carbocycles. The summed E-state index contributed by atoms with van der Waals surface area (Å²) in [6, 6.07) is 6.02. The molecular weight excluding hydrogens is 372 g/mol. The maximum absolute atomic E-state index is 12.9. The van der Waals surface area contributed by atoms with Crippen molar-refractivity contribution in [3.63, 3.8) is 0 Å². The maximum Gasteiger partial charge on any atom is 0.328 e. The summed E-state index contributed by atoms with van der Waals surface area (Å²) in [4.78, 5) is 39.5. The number of ether oxygens (including phenoxy) is 2. The molecule has 7 nitrogen and oxygen atoms in total. The Kier molecular flexibility index (Phi) is 7.06. The summed E-state index contributed by atoms with van der Waals surface area (Å²) in [5.74, 6) is -1.08. The number of methoxy groups -OCH3 is 1. The lowest BCUT2D eigenvalue weighted by Crippen LogP contribution is -2.46. The molecule has 1 saturated heterocycles. The molecule has 1 heterocycles. The number of nitrogens with one attached hydrogen (secondary N) is 1. The summed E-state index contributed by atoms with van der Waals surface area (Å²) in [6.45, 7) is 11.4. The first-order valence-electron chi connectivity index (χ1n) is 10.0. The minimum Gasteiger partial charge on any atom is -0.467 e. The van der Waals surface area contributed by atoms with E-state index in [0.29, 0.717) is 17.5 Å². The Morgan fingerprint density at radius 1 is 1.28 bits per heavy atom. The largest absolute Gasteiger partial charge is 0.467 e. The highest BCUT2D eigenvalue weighted by atomic mass is 16.6. The van der Waals surface area contributed by atoms with E-state index in [0.717, 1.165) is 0 Å². The molecule has 160 valence electrons. The molecular formula is C22H32N2O5. The van der Waals surface area contributed by atoms with Crippen LogP contribution in [0.3, 0.4) is 0 Å². The van der Waals surface area contributed by atoms with Gasteiger partial charge in [-0.3, -0.25) is 9.59 Å². The Balaban J connectivity index is 2.26. The Morgan fingerprint density at radius 2 is 1.93 bits per heavy atom. The second-order valence-electron chi connectivity index (χ2n) is 8.23. The minimum absolute atomic E-state index is 0.00896. The molecule has 7 heteroatoms. The topological polar surface area (TPSA) is 84.9 Å². The van der Waals surface area contributed by atoms with Crippen molar-refractivity contribution in [1.82, 2.24) is 10.2 Å². The van der Waals surface area contributed by atoms with E-state index in [9.17, 15) is 14.4 Å². The van der Waals surface area contributed by atoms with E-state index in [2.05, 4.69) is 5.32 Å². The van der Waals surface area contributed by atoms with Gasteiger partial charge in [-0.05, 0) is 51.3 Å². The summed E-state index contributed by atoms with van der Waals surface area (Å²) < 4.78 is 10.8. The third-order valence-electron chi connectivity index (χ3n) is 5.37. The van der Waals surface area contributed by atoms with Gasteiger partial charge in [0.1, 0.15) is 11.8 Å². The summed E-state index contributed by atoms with van der Waals surface area (Å²) in [6.07, 6.45) is -0.0592. The van der Waals surface area contributed by atoms with Gasteiger partial charge in [-0.1, -0.05) is 32.4 Å². The van der Waals surface area contributed by atoms with Crippen LogP contribution in [0.5, 0.6) is 0 Å². The SMILES string of the molecule is CC[C@H](C)[C@H](NC(=O)c1cccc(C2OC(C)(C)N(C(C)C)C2=O)c1)C(=O)OC. The van der Waals surface area contributed by atoms with Crippen LogP contribution in [-0.4, -0.2) is 47.6 Å². The van der Waals surface area contributed by atoms with Crippen LogP contribution in [0.25, 0.3) is 0 Å². The number of esters is 1. The number of carbonyl (C=O) groups excluding carboxylic acids is 3. The van der Waals surface area contributed by atoms with E-state index >= 15 is 0 Å². The van der Waals surface area contributed by atoms with Gasteiger partial charge < -0.3 is 19.7 Å². The number of carbonyl (C=O) groups is 3. The fourth-order valence-electron chi connectivity index (χ4n) is 3.74. The highest BCUT2D eigenvalue weighted by molar-refractivity contribution is 5.97. The second-order valence-corrected chi connectivity index (χ2v) is 8.23. The number of benzene rings is 1. The molecule has 1 fully saturated rings. The summed E-state index contributed by atoms with van der Waals surface area (Å²) >= 11 is 0. The van der Waals surface area contributed by atoms with E-state index in [1.54, 1.807) is 29.2 Å². The van der Waals surface area contributed by atoms with Crippen LogP contribution in [0, 0.1) is 5.92 Å². The molecule has 2 rings (SSSR count). The van der Waals surface area contributed by atoms with E-state index in [1.165, 1.54) is 7.11 Å². The van der Waals surface area contributed by atoms with Crippen LogP contribution in [0.1, 0.15) is 70.0 Å². The lowest BCUT2D eigenvalue weighted by molar-refractivity contribution is -0.144. The molecule has 0 bridgehead atoms. The number of nitrogens with zero attached hydrogens (tertiary/aromatic N) is 1. The Bertz CT molecular complexity index is 774. The first-order chi connectivity index (χ1) is 13.5. The van der Waals surface area contributed by atoms with Gasteiger partial charge in [0.2, 0.25) is 0 Å². The molecule has 1 aliphatic rings. The van der Waals surface area contributed by atoms with Crippen molar-refractivity contribution in [2.75, 3.05) is 7.11 Å². The van der Waals surface area contributed by atoms with Crippen LogP contribution in [-0.2, 0) is 19.1 Å². The van der Waals surface area contributed by atoms with Crippen LogP contribution in [0.2, 0.25) is 0 Å². The summed E-state index contributed by atoms with van der Waals surface area (Å²) in [5.41, 5.74) is 0.231. The van der Waals surface area contributed by atoms with Gasteiger partial charge in [0.05, 0.1) is 7.11 Å². The van der Waals surface area contributed by atoms with Crippen molar-refractivity contribution in [3.05, 3.63) is 35.4 Å². The van der Waals surface area contributed by atoms with Gasteiger partial charge in [-0.2, -0.15) is 0 Å². The molecule has 0 spiro atoms. The Hall–Kier alpha value is -2.41. The fourth-order valence-corrected chi connectivity index (χ4v) is 3.74. The molecule has 0 aliphatic carbocycles. The first kappa shape index (κ1) is 22.9. The smallest absolute Gasteiger partial charge is 0.328 e. The van der Waals surface area contributed by atoms with E-state index in [4.69, 9.17) is 9.47 Å². The quantitative estimate of drug-likeness (QED) is 0.706. The first-order valence-corrected chi connectivity index (χ1v) is 10.0. The lowest BCUT2D eigenvalue weighted by Gasteiger charge is -2.32. The molecule has 1 aliphatic heterocycles. The van der Waals surface area contributed by atoms with Crippen LogP contribution in [0.4, 0.5) is 0 Å². The van der Waals surface area contributed by atoms with Gasteiger partial charge in [0, 0.05) is 11.6 Å². The molecule has 3 atom stereocenters. The van der Waals surface area contributed by atoms with Crippen molar-refractivity contribution in [2.45, 2.75) is 71.9 Å². The van der Waals surface area contributed by atoms with Crippen molar-refractivity contribution < 1.29 is 23.9 Å². The average Bonchev–Trinajstić information content (AvgIpc) is 2.93. The number of hydrogen-bond donors (Lipinski definition) is 1. The predicted octanol–water partition coefficient (Wildman–Crippen LogP) is 3.05. The summed E-state index contributed by atoms with van der Waals surface area (Å²) in [7, 11) is 1.30. The van der Waals surface area contributed by atoms with Gasteiger partial charge in [0.25, 0.3) is 11.8 Å². The second kappa shape index (κ2) is 8.95. The van der Waals surface area contributed by atoms with E-state index in [1.807, 2.05) is 41.5 Å². The molecule has 1 unspecified atom stereocenters. The van der Waals surface area contributed by atoms with Gasteiger partial charge in [0.15, 0.2) is 6.10 Å². The molecule has 29 heavy (non-hydrogen) atoms. The van der Waals surface area contributed by atoms with Crippen molar-refractivity contribution in [2.24, 2.45) is 5.92 Å². The molecule has 0 saturated carbocycles. The zero-order valence-corrected chi connectivity index (χ0v) is 18.3. The van der Waals surface area contributed by atoms with E-state index < -0.39 is 29.7 Å². The van der Waals surface area contributed by atoms with Crippen molar-refractivity contribution >= 4 is 17.8 Å². The predicted molar refractivity (Wildman–Crippen MR) is 109 cm³/mol. The zero-order chi connectivity index (χ0) is 21.9. The van der Waals surface area contributed by atoms with Crippen LogP contribution < -0.4 is 5.32 Å². The maximum atomic E-state index is 12.9. The van der Waals surface area contributed by atoms with Crippen LogP contribution >= 0.6 is 0 Å². The normalized spacial score (nSPS) is 20.5. The zero-order valence-electron chi connectivity index (χ0n) is 18.3. The lowest BCUT2D eigenvalue weighted by atomic mass is 9.98. The fraction of sp³-hybridized carbons (Fsp3) is 0.591. The third-order valence-corrected chi connectivity index (χ3v) is 5.37. The molecule has 0 aromatic heterocycles. The van der Waals surface area contributed by atoms with Crippen molar-refractivity contribution in [1.29, 1.82) is 0 Å². The molecule has 1 aromatic rings. The van der Waals surface area contributed by atoms with E-state index in [-0.39, 0.29) is 17.9 Å². The standard InChI is InChI=1S/C22H32N2O5/c1-8-14(4)17(21(27)28-7)23-19(25)16-11-9-10-15(12-16)18-20(26)24(13(2)3)22(5,6)29-18/h9-14,17-18H,8H2,1-7H3,(H,23,25)/t14-,17-,18?/m0/s1. The van der Waals surface area contributed by atoms with Gasteiger partial charge in [-0.15, -0.1) is 0 Å². The molecule has 0 radical (unpaired) electrons. The molecule has 1 N–H and O–H groups in total. The number of rotatable bonds is 7. The number of hydrogen-bond acceptors (Lipinski definition) is 5. The van der Waals surface area contributed by atoms with Crippen LogP contribution in [0.15, 0.2) is 24.3 Å². The minimum atomic E-state index is -0.772. The Morgan fingerprint density at radius 3 is 2.45 bits per heavy atom. The monoisotopic (exact) mass is 404 g/mol. The van der Waals surface area contributed by atoms with Gasteiger partial charge >= 0.3 is 5.97 Å². The molecule has 2 amide bonds. The highest BCUT2D eigenvalue weighted by Crippen LogP contribution is 2.38. The van der Waals surface area contributed by atoms with Gasteiger partial charge in [-0.25, -0.2) is 4.79 Å². The summed E-state index contributed by atoms with van der Waals surface area (Å²) in [5, 5.41) is 2.76. The third kappa shape index (κ3) is 4.78. The Labute approximate surface area is 172 Å². The van der Waals surface area contributed by atoms with Crippen molar-refractivity contribution in [3.8, 4) is 0 Å². The highest BCUT2D eigenvalue weighted by Gasteiger charge is 2.47. The average molecular weight is 405 g/mol.